The summed E-state index contributed by atoms with van der Waals surface area (Å²) < 4.78 is 5.29. The van der Waals surface area contributed by atoms with Crippen LogP contribution in [0, 0.1) is 6.92 Å². The Morgan fingerprint density at radius 3 is 3.00 bits per heavy atom. The monoisotopic (exact) mass is 190 g/mol. The molecule has 73 valence electrons. The molecule has 0 saturated heterocycles. The van der Waals surface area contributed by atoms with Crippen molar-refractivity contribution in [3.8, 4) is 0 Å². The summed E-state index contributed by atoms with van der Waals surface area (Å²) in [5.41, 5.74) is 0.367. The van der Waals surface area contributed by atoms with Gasteiger partial charge in [0.25, 0.3) is 0 Å². The maximum atomic E-state index is 5.29. The fraction of sp³-hybridized carbons (Fsp3) is 0.300. The SMILES string of the molecule is [CH2]C(CC)(c1cc[nH]n1)c1ncco1. The van der Waals surface area contributed by atoms with Crippen LogP contribution in [-0.2, 0) is 5.41 Å². The molecule has 0 aliphatic rings. The zero-order chi connectivity index (χ0) is 10.0. The first-order valence-corrected chi connectivity index (χ1v) is 4.53. The molecule has 2 aromatic rings. The maximum absolute atomic E-state index is 5.29. The summed E-state index contributed by atoms with van der Waals surface area (Å²) in [6, 6.07) is 1.89. The Morgan fingerprint density at radius 2 is 2.50 bits per heavy atom. The third kappa shape index (κ3) is 1.23. The molecule has 4 heteroatoms. The molecule has 1 unspecified atom stereocenters. The van der Waals surface area contributed by atoms with Crippen LogP contribution in [0.3, 0.4) is 0 Å². The van der Waals surface area contributed by atoms with Crippen molar-refractivity contribution >= 4 is 0 Å². The second-order valence-electron chi connectivity index (χ2n) is 3.23. The fourth-order valence-electron chi connectivity index (χ4n) is 1.43. The second kappa shape index (κ2) is 3.29. The van der Waals surface area contributed by atoms with Crippen LogP contribution in [0.15, 0.2) is 29.1 Å². The lowest BCUT2D eigenvalue weighted by Gasteiger charge is -2.21. The minimum absolute atomic E-state index is 0.483. The van der Waals surface area contributed by atoms with Crippen molar-refractivity contribution < 1.29 is 4.42 Å². The Labute approximate surface area is 82.4 Å². The van der Waals surface area contributed by atoms with Crippen molar-refractivity contribution in [1.82, 2.24) is 15.2 Å². The molecule has 0 aliphatic carbocycles. The molecule has 1 atom stereocenters. The lowest BCUT2D eigenvalue weighted by atomic mass is 9.84. The fourth-order valence-corrected chi connectivity index (χ4v) is 1.43. The Kier molecular flexibility index (Phi) is 2.11. The van der Waals surface area contributed by atoms with Gasteiger partial charge in [-0.25, -0.2) is 4.98 Å². The minimum Gasteiger partial charge on any atom is -0.448 e. The van der Waals surface area contributed by atoms with Crippen LogP contribution in [0.1, 0.15) is 24.9 Å². The van der Waals surface area contributed by atoms with Gasteiger partial charge in [0.15, 0.2) is 0 Å². The van der Waals surface area contributed by atoms with Gasteiger partial charge < -0.3 is 4.42 Å². The molecule has 0 aliphatic heterocycles. The van der Waals surface area contributed by atoms with Crippen LogP contribution < -0.4 is 0 Å². The largest absolute Gasteiger partial charge is 0.448 e. The smallest absolute Gasteiger partial charge is 0.206 e. The van der Waals surface area contributed by atoms with E-state index in [1.807, 2.05) is 13.0 Å². The molecule has 2 rings (SSSR count). The predicted molar refractivity (Wildman–Crippen MR) is 51.5 cm³/mol. The molecule has 2 aromatic heterocycles. The lowest BCUT2D eigenvalue weighted by molar-refractivity contribution is 0.403. The van der Waals surface area contributed by atoms with Gasteiger partial charge in [-0.05, 0) is 19.4 Å². The van der Waals surface area contributed by atoms with Gasteiger partial charge in [-0.15, -0.1) is 0 Å². The summed E-state index contributed by atoms with van der Waals surface area (Å²) in [7, 11) is 0. The van der Waals surface area contributed by atoms with Crippen molar-refractivity contribution in [3.63, 3.8) is 0 Å². The number of hydrogen-bond acceptors (Lipinski definition) is 3. The minimum atomic E-state index is -0.483. The number of aromatic amines is 1. The summed E-state index contributed by atoms with van der Waals surface area (Å²) in [6.45, 7) is 6.17. The molecule has 0 amide bonds. The molecule has 2 heterocycles. The van der Waals surface area contributed by atoms with Gasteiger partial charge in [0.05, 0.1) is 17.3 Å². The average Bonchev–Trinajstić information content (AvgIpc) is 2.88. The lowest BCUT2D eigenvalue weighted by Crippen LogP contribution is -2.24. The van der Waals surface area contributed by atoms with Crippen molar-refractivity contribution in [2.24, 2.45) is 0 Å². The van der Waals surface area contributed by atoms with E-state index in [1.165, 1.54) is 0 Å². The molecular formula is C10H12N3O. The number of oxazole rings is 1. The van der Waals surface area contributed by atoms with Crippen LogP contribution >= 0.6 is 0 Å². The molecule has 1 radical (unpaired) electrons. The van der Waals surface area contributed by atoms with Gasteiger partial charge in [0.2, 0.25) is 5.89 Å². The van der Waals surface area contributed by atoms with E-state index in [1.54, 1.807) is 18.7 Å². The molecule has 0 aromatic carbocycles. The molecule has 0 fully saturated rings. The average molecular weight is 190 g/mol. The summed E-state index contributed by atoms with van der Waals surface area (Å²) in [5, 5.41) is 6.90. The highest BCUT2D eigenvalue weighted by atomic mass is 16.3. The van der Waals surface area contributed by atoms with Crippen molar-refractivity contribution in [2.75, 3.05) is 0 Å². The van der Waals surface area contributed by atoms with E-state index in [-0.39, 0.29) is 0 Å². The Hall–Kier alpha value is -1.58. The molecule has 1 N–H and O–H groups in total. The first kappa shape index (κ1) is 8.99. The Balaban J connectivity index is 2.45. The van der Waals surface area contributed by atoms with Crippen LogP contribution in [0.5, 0.6) is 0 Å². The third-order valence-electron chi connectivity index (χ3n) is 2.44. The summed E-state index contributed by atoms with van der Waals surface area (Å²) in [4.78, 5) is 4.13. The van der Waals surface area contributed by atoms with E-state index in [4.69, 9.17) is 4.42 Å². The van der Waals surface area contributed by atoms with Crippen LogP contribution in [0.2, 0.25) is 0 Å². The summed E-state index contributed by atoms with van der Waals surface area (Å²) in [5.74, 6) is 0.604. The van der Waals surface area contributed by atoms with Crippen molar-refractivity contribution in [1.29, 1.82) is 0 Å². The number of nitrogens with zero attached hydrogens (tertiary/aromatic N) is 2. The van der Waals surface area contributed by atoms with Gasteiger partial charge in [-0.2, -0.15) is 5.10 Å². The highest BCUT2D eigenvalue weighted by molar-refractivity contribution is 5.26. The normalized spacial score (nSPS) is 15.3. The van der Waals surface area contributed by atoms with Gasteiger partial charge in [-0.3, -0.25) is 5.10 Å². The molecule has 0 spiro atoms. The standard InChI is InChI=1S/C10H12N3O/c1-3-10(2,8-4-5-12-13-8)9-11-6-7-14-9/h4-7H,2-3H2,1H3,(H,12,13). The van der Waals surface area contributed by atoms with Crippen molar-refractivity contribution in [2.45, 2.75) is 18.8 Å². The van der Waals surface area contributed by atoms with Gasteiger partial charge >= 0.3 is 0 Å². The summed E-state index contributed by atoms with van der Waals surface area (Å²) >= 11 is 0. The number of H-pyrrole nitrogens is 1. The number of rotatable bonds is 3. The summed E-state index contributed by atoms with van der Waals surface area (Å²) in [6.07, 6.45) is 5.74. The van der Waals surface area contributed by atoms with E-state index in [9.17, 15) is 0 Å². The van der Waals surface area contributed by atoms with E-state index >= 15 is 0 Å². The van der Waals surface area contributed by atoms with E-state index in [0.717, 1.165) is 12.1 Å². The predicted octanol–water partition coefficient (Wildman–Crippen LogP) is 1.93. The number of nitrogens with one attached hydrogen (secondary N) is 1. The quantitative estimate of drug-likeness (QED) is 0.804. The number of aromatic nitrogens is 3. The van der Waals surface area contributed by atoms with E-state index in [0.29, 0.717) is 5.89 Å². The molecule has 14 heavy (non-hydrogen) atoms. The zero-order valence-corrected chi connectivity index (χ0v) is 8.03. The van der Waals surface area contributed by atoms with Gasteiger partial charge in [0, 0.05) is 6.20 Å². The first-order valence-electron chi connectivity index (χ1n) is 4.53. The van der Waals surface area contributed by atoms with Crippen LogP contribution in [0.4, 0.5) is 0 Å². The van der Waals surface area contributed by atoms with E-state index < -0.39 is 5.41 Å². The molecular weight excluding hydrogens is 178 g/mol. The van der Waals surface area contributed by atoms with Crippen LogP contribution in [0.25, 0.3) is 0 Å². The Morgan fingerprint density at radius 1 is 1.64 bits per heavy atom. The molecule has 4 nitrogen and oxygen atoms in total. The molecule has 0 bridgehead atoms. The van der Waals surface area contributed by atoms with Crippen molar-refractivity contribution in [3.05, 3.63) is 43.2 Å². The van der Waals surface area contributed by atoms with Gasteiger partial charge in [0.1, 0.15) is 6.26 Å². The number of hydrogen-bond donors (Lipinski definition) is 1. The highest BCUT2D eigenvalue weighted by Crippen LogP contribution is 2.31. The van der Waals surface area contributed by atoms with Gasteiger partial charge in [-0.1, -0.05) is 6.92 Å². The highest BCUT2D eigenvalue weighted by Gasteiger charge is 2.33. The maximum Gasteiger partial charge on any atom is 0.206 e. The topological polar surface area (TPSA) is 54.7 Å². The third-order valence-corrected chi connectivity index (χ3v) is 2.44. The zero-order valence-electron chi connectivity index (χ0n) is 8.03. The first-order chi connectivity index (χ1) is 6.77. The second-order valence-corrected chi connectivity index (χ2v) is 3.23. The van der Waals surface area contributed by atoms with E-state index in [2.05, 4.69) is 22.1 Å². The van der Waals surface area contributed by atoms with Crippen LogP contribution in [-0.4, -0.2) is 15.2 Å². The molecule has 0 saturated carbocycles. The Bertz CT molecular complexity index is 343.